The summed E-state index contributed by atoms with van der Waals surface area (Å²) in [6.45, 7) is 0. The van der Waals surface area contributed by atoms with Gasteiger partial charge in [-0.1, -0.05) is 170 Å². The summed E-state index contributed by atoms with van der Waals surface area (Å²) in [4.78, 5) is 55.8. The minimum absolute atomic E-state index is 0.276. The Hall–Kier alpha value is -6.64. The second-order valence-corrected chi connectivity index (χ2v) is 24.9. The molecule has 0 bridgehead atoms. The SMILES string of the molecule is O=C1c2ccccc2-c2cccc(CC(CCC(Cc3cccc4c3[PH](=O)C(=O)c3ccccc3-4)c3cccc4c3[PH](=O)C(=O)c3ccccc3-4)c3cccc4c3[PH](=O)C(=O)c3ccccc3-4)c2[PH]1=O. The van der Waals surface area contributed by atoms with Crippen molar-refractivity contribution in [2.45, 2.75) is 37.5 Å². The molecule has 4 aliphatic rings. The standard InChI is InChI=1S/C58H42O8P4/c59-55-47-19-5-1-15-39(47)43-25-9-13-35(51(43)67(55)63)31-33(37-23-11-27-45-41-17-3-7-21-49(41)57(61)69(65)53(37)45)29-30-34(38-24-12-28-46-42-18-4-8-22-50(42)58(62)70(66)54(38)46)32-36-14-10-26-44-40-16-2-6-20-48(40)56(60)68(64)52(36)44/h1-28,33-34,67-70H,29-32H2. The summed E-state index contributed by atoms with van der Waals surface area (Å²) in [5.41, 5.74) is 8.53. The third-order valence-corrected chi connectivity index (χ3v) is 21.6. The molecule has 8 aromatic carbocycles. The molecule has 0 fully saturated rings. The second kappa shape index (κ2) is 17.6. The van der Waals surface area contributed by atoms with Crippen LogP contribution >= 0.6 is 31.2 Å². The van der Waals surface area contributed by atoms with Gasteiger partial charge in [-0.15, -0.1) is 0 Å². The van der Waals surface area contributed by atoms with Crippen molar-refractivity contribution < 1.29 is 37.4 Å². The molecule has 0 saturated carbocycles. The van der Waals surface area contributed by atoms with Crippen LogP contribution in [0.25, 0.3) is 44.5 Å². The van der Waals surface area contributed by atoms with Crippen molar-refractivity contribution in [1.29, 1.82) is 0 Å². The zero-order valence-electron chi connectivity index (χ0n) is 37.4. The topological polar surface area (TPSA) is 137 Å². The van der Waals surface area contributed by atoms with Crippen LogP contribution in [0.2, 0.25) is 0 Å². The van der Waals surface area contributed by atoms with E-state index in [9.17, 15) is 37.4 Å². The molecule has 0 spiro atoms. The molecule has 4 aliphatic heterocycles. The van der Waals surface area contributed by atoms with Gasteiger partial charge >= 0.3 is 0 Å². The van der Waals surface area contributed by atoms with Gasteiger partial charge in [-0.05, 0) is 104 Å². The van der Waals surface area contributed by atoms with Gasteiger partial charge in [0.05, 0.1) is 0 Å². The molecule has 0 aliphatic carbocycles. The molecule has 342 valence electrons. The number of carbonyl (C=O) groups excluding carboxylic acids is 4. The lowest BCUT2D eigenvalue weighted by Gasteiger charge is -2.30. The summed E-state index contributed by atoms with van der Waals surface area (Å²) >= 11 is 0. The van der Waals surface area contributed by atoms with E-state index in [0.717, 1.165) is 11.1 Å². The van der Waals surface area contributed by atoms with Crippen LogP contribution in [-0.4, -0.2) is 22.1 Å². The number of hydrogen-bond donors (Lipinski definition) is 0. The first-order valence-corrected chi connectivity index (χ1v) is 29.0. The molecule has 12 rings (SSSR count). The fourth-order valence-electron chi connectivity index (χ4n) is 11.6. The molecule has 70 heavy (non-hydrogen) atoms. The number of benzene rings is 8. The van der Waals surface area contributed by atoms with Crippen molar-refractivity contribution in [3.05, 3.63) is 214 Å². The fraction of sp³-hybridized carbons (Fsp3) is 0.103. The van der Waals surface area contributed by atoms with Gasteiger partial charge < -0.3 is 18.3 Å². The van der Waals surface area contributed by atoms with Gasteiger partial charge in [-0.2, -0.15) is 0 Å². The highest BCUT2D eigenvalue weighted by Crippen LogP contribution is 2.49. The number of carbonyl (C=O) groups is 4. The summed E-state index contributed by atoms with van der Waals surface area (Å²) in [6, 6.07) is 51.7. The van der Waals surface area contributed by atoms with Crippen LogP contribution in [0, 0.1) is 0 Å². The highest BCUT2D eigenvalue weighted by atomic mass is 31.1. The molecule has 0 amide bonds. The highest BCUT2D eigenvalue weighted by Gasteiger charge is 2.38. The summed E-state index contributed by atoms with van der Waals surface area (Å²) in [5, 5.41) is 1.95. The Bertz CT molecular complexity index is 3520. The summed E-state index contributed by atoms with van der Waals surface area (Å²) in [7, 11) is -12.1. The molecule has 0 aromatic heterocycles. The summed E-state index contributed by atoms with van der Waals surface area (Å²) in [5.74, 6) is -0.927. The fourth-order valence-corrected chi connectivity index (χ4v) is 18.2. The Kier molecular flexibility index (Phi) is 11.2. The molecule has 0 N–H and O–H groups in total. The normalized spacial score (nSPS) is 19.0. The van der Waals surface area contributed by atoms with Crippen molar-refractivity contribution in [1.82, 2.24) is 0 Å². The minimum atomic E-state index is -3.05. The average Bonchev–Trinajstić information content (AvgIpc) is 3.40. The van der Waals surface area contributed by atoms with E-state index in [2.05, 4.69) is 0 Å². The predicted molar refractivity (Wildman–Crippen MR) is 281 cm³/mol. The number of rotatable bonds is 9. The number of fused-ring (bicyclic) bond motifs is 12. The van der Waals surface area contributed by atoms with Gasteiger partial charge in [0.2, 0.25) is 22.1 Å². The zero-order valence-corrected chi connectivity index (χ0v) is 41.4. The van der Waals surface area contributed by atoms with Crippen molar-refractivity contribution in [3.8, 4) is 44.5 Å². The van der Waals surface area contributed by atoms with E-state index >= 15 is 0 Å². The minimum Gasteiger partial charge on any atom is -0.313 e. The quantitative estimate of drug-likeness (QED) is 0.130. The van der Waals surface area contributed by atoms with E-state index in [0.29, 0.717) is 112 Å². The molecule has 4 heterocycles. The van der Waals surface area contributed by atoms with E-state index in [1.165, 1.54) is 0 Å². The first kappa shape index (κ1) is 44.6. The van der Waals surface area contributed by atoms with E-state index in [1.54, 1.807) is 48.5 Å². The maximum absolute atomic E-state index is 14.7. The van der Waals surface area contributed by atoms with E-state index < -0.39 is 65.1 Å². The molecule has 8 nitrogen and oxygen atoms in total. The van der Waals surface area contributed by atoms with Crippen molar-refractivity contribution in [2.24, 2.45) is 0 Å². The monoisotopic (exact) mass is 990 g/mol. The van der Waals surface area contributed by atoms with E-state index in [-0.39, 0.29) is 12.8 Å². The van der Waals surface area contributed by atoms with Gasteiger partial charge in [0.1, 0.15) is 0 Å². The Morgan fingerprint density at radius 1 is 0.271 bits per heavy atom. The predicted octanol–water partition coefficient (Wildman–Crippen LogP) is 11.8. The maximum Gasteiger partial charge on any atom is 0.223 e. The lowest BCUT2D eigenvalue weighted by Crippen LogP contribution is -2.26. The van der Waals surface area contributed by atoms with E-state index in [4.69, 9.17) is 0 Å². The molecular formula is C58H42O8P4. The van der Waals surface area contributed by atoms with Crippen LogP contribution in [0.1, 0.15) is 88.4 Å². The lowest BCUT2D eigenvalue weighted by molar-refractivity contribution is 0.107. The van der Waals surface area contributed by atoms with Crippen molar-refractivity contribution >= 4 is 74.5 Å². The van der Waals surface area contributed by atoms with Crippen molar-refractivity contribution in [3.63, 3.8) is 0 Å². The molecule has 0 saturated heterocycles. The van der Waals surface area contributed by atoms with Crippen LogP contribution in [0.3, 0.4) is 0 Å². The smallest absolute Gasteiger partial charge is 0.223 e. The Balaban J connectivity index is 1.04. The van der Waals surface area contributed by atoms with Crippen LogP contribution in [0.15, 0.2) is 170 Å². The average molecular weight is 991 g/mol. The molecule has 6 unspecified atom stereocenters. The van der Waals surface area contributed by atoms with Gasteiger partial charge in [0.15, 0.2) is 31.2 Å². The van der Waals surface area contributed by atoms with Gasteiger partial charge in [-0.3, -0.25) is 19.2 Å². The molecule has 12 heteroatoms. The summed E-state index contributed by atoms with van der Waals surface area (Å²) < 4.78 is 58.1. The largest absolute Gasteiger partial charge is 0.313 e. The first-order valence-electron chi connectivity index (χ1n) is 23.3. The third kappa shape index (κ3) is 7.03. The molecule has 0 radical (unpaired) electrons. The van der Waals surface area contributed by atoms with Crippen LogP contribution in [0.4, 0.5) is 0 Å². The van der Waals surface area contributed by atoms with Crippen LogP contribution < -0.4 is 21.2 Å². The first-order chi connectivity index (χ1) is 34.1. The lowest BCUT2D eigenvalue weighted by atomic mass is 9.80. The van der Waals surface area contributed by atoms with Gasteiger partial charge in [-0.25, -0.2) is 0 Å². The molecule has 6 atom stereocenters. The Morgan fingerprint density at radius 2 is 0.514 bits per heavy atom. The molecule has 8 aromatic rings. The van der Waals surface area contributed by atoms with Crippen LogP contribution in [0.5, 0.6) is 0 Å². The van der Waals surface area contributed by atoms with E-state index in [1.807, 2.05) is 121 Å². The van der Waals surface area contributed by atoms with Crippen molar-refractivity contribution in [2.75, 3.05) is 0 Å². The second-order valence-electron chi connectivity index (χ2n) is 18.4. The Labute approximate surface area is 406 Å². The Morgan fingerprint density at radius 3 is 0.829 bits per heavy atom. The van der Waals surface area contributed by atoms with Gasteiger partial charge in [0.25, 0.3) is 0 Å². The molecular weight excluding hydrogens is 949 g/mol. The van der Waals surface area contributed by atoms with Gasteiger partial charge in [0, 0.05) is 43.5 Å². The van der Waals surface area contributed by atoms with Crippen LogP contribution in [-0.2, 0) is 31.1 Å². The third-order valence-electron chi connectivity index (χ3n) is 14.8. The zero-order chi connectivity index (χ0) is 47.9. The number of hydrogen-bond acceptors (Lipinski definition) is 8. The maximum atomic E-state index is 14.7. The summed E-state index contributed by atoms with van der Waals surface area (Å²) in [6.07, 6.45) is 1.33. The highest BCUT2D eigenvalue weighted by molar-refractivity contribution is 7.73.